The SMILES string of the molecule is CCCN(N)C(C)C(O)c1ccccc1. The fraction of sp³-hybridized carbons (Fsp3) is 0.500. The first kappa shape index (κ1) is 12.2. The molecule has 0 aliphatic rings. The zero-order chi connectivity index (χ0) is 11.3. The van der Waals surface area contributed by atoms with Crippen molar-refractivity contribution >= 4 is 0 Å². The maximum Gasteiger partial charge on any atom is 0.0956 e. The van der Waals surface area contributed by atoms with Gasteiger partial charge in [0.1, 0.15) is 0 Å². The maximum absolute atomic E-state index is 10.1. The molecule has 15 heavy (non-hydrogen) atoms. The van der Waals surface area contributed by atoms with E-state index in [0.717, 1.165) is 18.5 Å². The Kier molecular flexibility index (Phi) is 4.75. The van der Waals surface area contributed by atoms with Crippen molar-refractivity contribution in [3.05, 3.63) is 35.9 Å². The summed E-state index contributed by atoms with van der Waals surface area (Å²) in [5.74, 6) is 5.84. The van der Waals surface area contributed by atoms with Crippen LogP contribution in [0.4, 0.5) is 0 Å². The van der Waals surface area contributed by atoms with E-state index < -0.39 is 6.10 Å². The normalized spacial score (nSPS) is 15.3. The van der Waals surface area contributed by atoms with Crippen LogP contribution in [0.5, 0.6) is 0 Å². The summed E-state index contributed by atoms with van der Waals surface area (Å²) in [5.41, 5.74) is 0.913. The van der Waals surface area contributed by atoms with E-state index in [9.17, 15) is 5.11 Å². The van der Waals surface area contributed by atoms with Crippen molar-refractivity contribution in [3.63, 3.8) is 0 Å². The van der Waals surface area contributed by atoms with Crippen LogP contribution in [-0.2, 0) is 0 Å². The molecule has 1 rings (SSSR count). The van der Waals surface area contributed by atoms with Crippen LogP contribution in [0.25, 0.3) is 0 Å². The van der Waals surface area contributed by atoms with Gasteiger partial charge in [-0.3, -0.25) is 5.84 Å². The van der Waals surface area contributed by atoms with Crippen molar-refractivity contribution in [3.8, 4) is 0 Å². The Hall–Kier alpha value is -0.900. The molecule has 0 amide bonds. The molecule has 3 nitrogen and oxygen atoms in total. The summed E-state index contributed by atoms with van der Waals surface area (Å²) < 4.78 is 0. The van der Waals surface area contributed by atoms with Gasteiger partial charge in [0.05, 0.1) is 12.1 Å². The Morgan fingerprint density at radius 2 is 1.93 bits per heavy atom. The van der Waals surface area contributed by atoms with Gasteiger partial charge in [-0.15, -0.1) is 0 Å². The summed E-state index contributed by atoms with van der Waals surface area (Å²) in [7, 11) is 0. The van der Waals surface area contributed by atoms with Crippen molar-refractivity contribution in [1.82, 2.24) is 5.01 Å². The molecule has 1 aromatic rings. The topological polar surface area (TPSA) is 49.5 Å². The van der Waals surface area contributed by atoms with Crippen LogP contribution >= 0.6 is 0 Å². The summed E-state index contributed by atoms with van der Waals surface area (Å²) in [6.07, 6.45) is 0.463. The third kappa shape index (κ3) is 3.30. The zero-order valence-corrected chi connectivity index (χ0v) is 9.43. The van der Waals surface area contributed by atoms with Crippen LogP contribution in [0, 0.1) is 0 Å². The lowest BCUT2D eigenvalue weighted by Crippen LogP contribution is -2.43. The molecule has 0 saturated heterocycles. The zero-order valence-electron chi connectivity index (χ0n) is 9.43. The predicted molar refractivity (Wildman–Crippen MR) is 62.0 cm³/mol. The molecule has 0 aromatic heterocycles. The van der Waals surface area contributed by atoms with E-state index in [1.54, 1.807) is 5.01 Å². The second kappa shape index (κ2) is 5.85. The van der Waals surface area contributed by atoms with E-state index in [1.165, 1.54) is 0 Å². The summed E-state index contributed by atoms with van der Waals surface area (Å²) in [6, 6.07) is 9.56. The van der Waals surface area contributed by atoms with Gasteiger partial charge in [-0.05, 0) is 18.9 Å². The molecular formula is C12H20N2O. The van der Waals surface area contributed by atoms with Crippen LogP contribution in [0.2, 0.25) is 0 Å². The number of hydrogen-bond donors (Lipinski definition) is 2. The molecule has 2 atom stereocenters. The molecule has 0 aliphatic heterocycles. The van der Waals surface area contributed by atoms with Gasteiger partial charge in [-0.2, -0.15) is 0 Å². The Balaban J connectivity index is 2.64. The number of nitrogens with zero attached hydrogens (tertiary/aromatic N) is 1. The highest BCUT2D eigenvalue weighted by atomic mass is 16.3. The fourth-order valence-electron chi connectivity index (χ4n) is 1.57. The van der Waals surface area contributed by atoms with Crippen molar-refractivity contribution in [2.45, 2.75) is 32.4 Å². The Morgan fingerprint density at radius 3 is 2.47 bits per heavy atom. The molecule has 3 heteroatoms. The third-order valence-electron chi connectivity index (χ3n) is 2.60. The number of aliphatic hydroxyl groups is 1. The molecule has 0 aliphatic carbocycles. The molecule has 2 unspecified atom stereocenters. The third-order valence-corrected chi connectivity index (χ3v) is 2.60. The van der Waals surface area contributed by atoms with Crippen LogP contribution in [0.1, 0.15) is 31.9 Å². The van der Waals surface area contributed by atoms with E-state index in [4.69, 9.17) is 5.84 Å². The van der Waals surface area contributed by atoms with Gasteiger partial charge in [-0.1, -0.05) is 37.3 Å². The number of aliphatic hydroxyl groups excluding tert-OH is 1. The average molecular weight is 208 g/mol. The highest BCUT2D eigenvalue weighted by Gasteiger charge is 2.19. The van der Waals surface area contributed by atoms with Crippen LogP contribution < -0.4 is 5.84 Å². The van der Waals surface area contributed by atoms with Gasteiger partial charge < -0.3 is 5.11 Å². The molecule has 0 bridgehead atoms. The molecule has 0 saturated carbocycles. The Bertz CT molecular complexity index is 276. The first-order valence-corrected chi connectivity index (χ1v) is 5.41. The lowest BCUT2D eigenvalue weighted by molar-refractivity contribution is 0.0577. The minimum absolute atomic E-state index is 0.0626. The predicted octanol–water partition coefficient (Wildman–Crippen LogP) is 1.69. The van der Waals surface area contributed by atoms with Crippen molar-refractivity contribution < 1.29 is 5.11 Å². The quantitative estimate of drug-likeness (QED) is 0.572. The van der Waals surface area contributed by atoms with Gasteiger partial charge in [0.25, 0.3) is 0 Å². The minimum atomic E-state index is -0.525. The van der Waals surface area contributed by atoms with E-state index in [2.05, 4.69) is 6.92 Å². The minimum Gasteiger partial charge on any atom is -0.387 e. The Morgan fingerprint density at radius 1 is 1.33 bits per heavy atom. The molecule has 0 heterocycles. The lowest BCUT2D eigenvalue weighted by atomic mass is 10.0. The number of hydrogen-bond acceptors (Lipinski definition) is 3. The smallest absolute Gasteiger partial charge is 0.0956 e. The van der Waals surface area contributed by atoms with Gasteiger partial charge in [0, 0.05) is 6.54 Å². The number of benzene rings is 1. The molecule has 1 aromatic carbocycles. The molecule has 84 valence electrons. The molecular weight excluding hydrogens is 188 g/mol. The average Bonchev–Trinajstić information content (AvgIpc) is 2.28. The first-order valence-electron chi connectivity index (χ1n) is 5.41. The van der Waals surface area contributed by atoms with Crippen molar-refractivity contribution in [2.75, 3.05) is 6.54 Å². The molecule has 0 spiro atoms. The van der Waals surface area contributed by atoms with Crippen LogP contribution in [-0.4, -0.2) is 22.7 Å². The van der Waals surface area contributed by atoms with Crippen molar-refractivity contribution in [2.24, 2.45) is 5.84 Å². The van der Waals surface area contributed by atoms with E-state index in [0.29, 0.717) is 0 Å². The fourth-order valence-corrected chi connectivity index (χ4v) is 1.57. The maximum atomic E-state index is 10.1. The monoisotopic (exact) mass is 208 g/mol. The summed E-state index contributed by atoms with van der Waals surface area (Å²) in [5, 5.41) is 11.8. The largest absolute Gasteiger partial charge is 0.387 e. The lowest BCUT2D eigenvalue weighted by Gasteiger charge is -2.28. The van der Waals surface area contributed by atoms with Crippen LogP contribution in [0.15, 0.2) is 30.3 Å². The number of hydrazine groups is 1. The second-order valence-corrected chi connectivity index (χ2v) is 3.83. The van der Waals surface area contributed by atoms with Crippen molar-refractivity contribution in [1.29, 1.82) is 0 Å². The van der Waals surface area contributed by atoms with Gasteiger partial charge >= 0.3 is 0 Å². The highest BCUT2D eigenvalue weighted by Crippen LogP contribution is 2.18. The van der Waals surface area contributed by atoms with E-state index in [-0.39, 0.29) is 6.04 Å². The van der Waals surface area contributed by atoms with Gasteiger partial charge in [-0.25, -0.2) is 5.01 Å². The second-order valence-electron chi connectivity index (χ2n) is 3.83. The Labute approximate surface area is 91.5 Å². The van der Waals surface area contributed by atoms with Crippen LogP contribution in [0.3, 0.4) is 0 Å². The summed E-state index contributed by atoms with van der Waals surface area (Å²) >= 11 is 0. The number of rotatable bonds is 5. The molecule has 3 N–H and O–H groups in total. The summed E-state index contributed by atoms with van der Waals surface area (Å²) in [4.78, 5) is 0. The van der Waals surface area contributed by atoms with E-state index in [1.807, 2.05) is 37.3 Å². The first-order chi connectivity index (χ1) is 7.16. The van der Waals surface area contributed by atoms with Gasteiger partial charge in [0.15, 0.2) is 0 Å². The number of nitrogens with two attached hydrogens (primary N) is 1. The summed E-state index contributed by atoms with van der Waals surface area (Å²) in [6.45, 7) is 4.81. The van der Waals surface area contributed by atoms with Gasteiger partial charge in [0.2, 0.25) is 0 Å². The standard InChI is InChI=1S/C12H20N2O/c1-3-9-14(13)10(2)12(15)11-7-5-4-6-8-11/h4-8,10,12,15H,3,9,13H2,1-2H3. The molecule has 0 fully saturated rings. The highest BCUT2D eigenvalue weighted by molar-refractivity contribution is 5.18. The van der Waals surface area contributed by atoms with E-state index >= 15 is 0 Å². The molecule has 0 radical (unpaired) electrons.